The minimum atomic E-state index is -0.747. The number of anilines is 1. The molecule has 0 saturated carbocycles. The minimum Gasteiger partial charge on any atom is -0.383 e. The van der Waals surface area contributed by atoms with E-state index in [1.807, 2.05) is 12.1 Å². The Morgan fingerprint density at radius 1 is 1.09 bits per heavy atom. The number of fused-ring (bicyclic) bond motifs is 1. The fourth-order valence-corrected chi connectivity index (χ4v) is 3.68. The fourth-order valence-electron chi connectivity index (χ4n) is 3.33. The smallest absolute Gasteiger partial charge is 0.274 e. The first-order valence-electron chi connectivity index (χ1n) is 9.81. The van der Waals surface area contributed by atoms with E-state index in [1.54, 1.807) is 43.5 Å². The topological polar surface area (TPSA) is 69.0 Å². The van der Waals surface area contributed by atoms with Crippen LogP contribution in [0.15, 0.2) is 59.4 Å². The number of ether oxygens (including phenoxy) is 1. The highest BCUT2D eigenvalue weighted by molar-refractivity contribution is 6.33. The summed E-state index contributed by atoms with van der Waals surface area (Å²) in [5, 5.41) is 9.19. The Bertz CT molecular complexity index is 1330. The average molecular weight is 473 g/mol. The number of hydrogen-bond acceptors (Lipinski definition) is 5. The molecule has 2 heterocycles. The summed E-state index contributed by atoms with van der Waals surface area (Å²) in [6.07, 6.45) is 0. The van der Waals surface area contributed by atoms with Gasteiger partial charge in [0.25, 0.3) is 5.56 Å². The highest BCUT2D eigenvalue weighted by atomic mass is 35.5. The van der Waals surface area contributed by atoms with E-state index in [2.05, 4.69) is 15.4 Å². The van der Waals surface area contributed by atoms with Crippen molar-refractivity contribution >= 4 is 39.8 Å². The van der Waals surface area contributed by atoms with Crippen molar-refractivity contribution in [3.63, 3.8) is 0 Å². The molecule has 0 bridgehead atoms. The van der Waals surface area contributed by atoms with Crippen molar-refractivity contribution in [1.82, 2.24) is 14.8 Å². The molecule has 6 nitrogen and oxygen atoms in total. The van der Waals surface area contributed by atoms with E-state index in [9.17, 15) is 4.79 Å². The van der Waals surface area contributed by atoms with Gasteiger partial charge < -0.3 is 10.1 Å². The van der Waals surface area contributed by atoms with Gasteiger partial charge in [0.15, 0.2) is 0 Å². The third-order valence-corrected chi connectivity index (χ3v) is 5.44. The lowest BCUT2D eigenvalue weighted by molar-refractivity contribution is 0.210. The van der Waals surface area contributed by atoms with Crippen LogP contribution < -0.4 is 10.9 Å². The zero-order valence-electron chi connectivity index (χ0n) is 17.1. The summed E-state index contributed by atoms with van der Waals surface area (Å²) in [4.78, 5) is 17.0. The first kappa shape index (κ1) is 22.2. The summed E-state index contributed by atoms with van der Waals surface area (Å²) < 4.78 is 21.4. The zero-order chi connectivity index (χ0) is 22.7. The van der Waals surface area contributed by atoms with E-state index in [0.717, 1.165) is 5.56 Å². The van der Waals surface area contributed by atoms with E-state index in [1.165, 1.54) is 10.7 Å². The van der Waals surface area contributed by atoms with Gasteiger partial charge >= 0.3 is 0 Å². The average Bonchev–Trinajstić information content (AvgIpc) is 2.79. The van der Waals surface area contributed by atoms with Gasteiger partial charge in [-0.05, 0) is 29.8 Å². The lowest BCUT2D eigenvalue weighted by Crippen LogP contribution is -2.24. The summed E-state index contributed by atoms with van der Waals surface area (Å²) >= 11 is 12.3. The molecule has 0 aliphatic rings. The normalized spacial score (nSPS) is 11.1. The third kappa shape index (κ3) is 4.60. The summed E-state index contributed by atoms with van der Waals surface area (Å²) in [6.45, 7) is 1.05. The van der Waals surface area contributed by atoms with Crippen LogP contribution in [0.25, 0.3) is 22.0 Å². The predicted octanol–water partition coefficient (Wildman–Crippen LogP) is 5.01. The van der Waals surface area contributed by atoms with E-state index in [0.29, 0.717) is 28.9 Å². The molecule has 0 unspecified atom stereocenters. The summed E-state index contributed by atoms with van der Waals surface area (Å²) in [6, 6.07) is 15.5. The van der Waals surface area contributed by atoms with Crippen molar-refractivity contribution in [3.8, 4) is 11.3 Å². The molecule has 2 aromatic carbocycles. The van der Waals surface area contributed by atoms with Gasteiger partial charge in [0.05, 0.1) is 29.1 Å². The molecule has 2 aromatic heterocycles. The van der Waals surface area contributed by atoms with Gasteiger partial charge in [0.2, 0.25) is 5.95 Å². The number of benzene rings is 2. The summed E-state index contributed by atoms with van der Waals surface area (Å²) in [5.41, 5.74) is 0.939. The van der Waals surface area contributed by atoms with Crippen LogP contribution in [0.3, 0.4) is 0 Å². The molecule has 0 aliphatic carbocycles. The molecule has 0 spiro atoms. The summed E-state index contributed by atoms with van der Waals surface area (Å²) in [7, 11) is 1.57. The van der Waals surface area contributed by atoms with Crippen LogP contribution in [0.2, 0.25) is 10.0 Å². The standard InChI is InChI=1S/C23H19Cl2FN4O2/c1-32-11-10-27-22-19(25)12-18(21(26)28-22)20-16-4-2-3-5-17(16)23(31)30(29-20)13-14-6-8-15(24)9-7-14/h2-9,12H,10-11,13H2,1H3,(H,27,28). The molecule has 164 valence electrons. The Hall–Kier alpha value is -3.00. The van der Waals surface area contributed by atoms with Crippen LogP contribution in [0.1, 0.15) is 5.56 Å². The number of hydrogen-bond donors (Lipinski definition) is 1. The number of halogens is 3. The van der Waals surface area contributed by atoms with Crippen LogP contribution in [0.5, 0.6) is 0 Å². The Morgan fingerprint density at radius 2 is 1.81 bits per heavy atom. The highest BCUT2D eigenvalue weighted by Gasteiger charge is 2.18. The second-order valence-corrected chi connectivity index (χ2v) is 7.90. The van der Waals surface area contributed by atoms with Gasteiger partial charge in [-0.25, -0.2) is 9.67 Å². The maximum atomic E-state index is 15.1. The zero-order valence-corrected chi connectivity index (χ0v) is 18.6. The first-order valence-corrected chi connectivity index (χ1v) is 10.6. The van der Waals surface area contributed by atoms with Crippen molar-refractivity contribution in [3.05, 3.63) is 86.5 Å². The van der Waals surface area contributed by atoms with E-state index in [-0.39, 0.29) is 34.2 Å². The molecule has 4 rings (SSSR count). The number of methoxy groups -OCH3 is 1. The molecule has 4 aromatic rings. The second-order valence-electron chi connectivity index (χ2n) is 7.06. The molecule has 0 atom stereocenters. The van der Waals surface area contributed by atoms with E-state index >= 15 is 4.39 Å². The van der Waals surface area contributed by atoms with Crippen molar-refractivity contribution in [1.29, 1.82) is 0 Å². The number of nitrogens with one attached hydrogen (secondary N) is 1. The monoisotopic (exact) mass is 472 g/mol. The van der Waals surface area contributed by atoms with E-state index < -0.39 is 5.95 Å². The first-order chi connectivity index (χ1) is 15.5. The Labute approximate surface area is 193 Å². The number of rotatable bonds is 7. The lowest BCUT2D eigenvalue weighted by atomic mass is 10.1. The molecule has 32 heavy (non-hydrogen) atoms. The van der Waals surface area contributed by atoms with Gasteiger partial charge in [0, 0.05) is 24.1 Å². The largest absolute Gasteiger partial charge is 0.383 e. The molecule has 9 heteroatoms. The molecule has 1 N–H and O–H groups in total. The second kappa shape index (κ2) is 9.65. The molecule has 0 radical (unpaired) electrons. The van der Waals surface area contributed by atoms with Crippen LogP contribution in [0.4, 0.5) is 10.2 Å². The Balaban J connectivity index is 1.83. The van der Waals surface area contributed by atoms with Gasteiger partial charge in [-0.15, -0.1) is 0 Å². The third-order valence-electron chi connectivity index (χ3n) is 4.90. The van der Waals surface area contributed by atoms with Gasteiger partial charge in [-0.1, -0.05) is 53.5 Å². The van der Waals surface area contributed by atoms with Crippen molar-refractivity contribution in [2.75, 3.05) is 25.6 Å². The van der Waals surface area contributed by atoms with Crippen molar-refractivity contribution in [2.24, 2.45) is 0 Å². The highest BCUT2D eigenvalue weighted by Crippen LogP contribution is 2.31. The maximum Gasteiger partial charge on any atom is 0.274 e. The van der Waals surface area contributed by atoms with E-state index in [4.69, 9.17) is 27.9 Å². The van der Waals surface area contributed by atoms with Gasteiger partial charge in [-0.2, -0.15) is 9.49 Å². The molecule has 0 saturated heterocycles. The quantitative estimate of drug-likeness (QED) is 0.302. The van der Waals surface area contributed by atoms with Crippen LogP contribution in [0, 0.1) is 5.95 Å². The van der Waals surface area contributed by atoms with Crippen LogP contribution >= 0.6 is 23.2 Å². The van der Waals surface area contributed by atoms with Gasteiger partial charge in [0.1, 0.15) is 11.5 Å². The molecule has 0 fully saturated rings. The molecular weight excluding hydrogens is 454 g/mol. The molecule has 0 aliphatic heterocycles. The molecular formula is C23H19Cl2FN4O2. The lowest BCUT2D eigenvalue weighted by Gasteiger charge is -2.13. The number of nitrogens with zero attached hydrogens (tertiary/aromatic N) is 3. The minimum absolute atomic E-state index is 0.105. The van der Waals surface area contributed by atoms with Crippen LogP contribution in [-0.2, 0) is 11.3 Å². The van der Waals surface area contributed by atoms with Crippen LogP contribution in [-0.4, -0.2) is 35.0 Å². The predicted molar refractivity (Wildman–Crippen MR) is 125 cm³/mol. The van der Waals surface area contributed by atoms with Crippen molar-refractivity contribution < 1.29 is 9.13 Å². The number of pyridine rings is 1. The SMILES string of the molecule is COCCNc1nc(F)c(-c2nn(Cc3ccc(Cl)cc3)c(=O)c3ccccc23)cc1Cl. The fraction of sp³-hybridized carbons (Fsp3) is 0.174. The maximum absolute atomic E-state index is 15.1. The Kier molecular flexibility index (Phi) is 6.69. The Morgan fingerprint density at radius 3 is 2.53 bits per heavy atom. The van der Waals surface area contributed by atoms with Crippen molar-refractivity contribution in [2.45, 2.75) is 6.54 Å². The molecule has 0 amide bonds. The number of aromatic nitrogens is 3. The van der Waals surface area contributed by atoms with Gasteiger partial charge in [-0.3, -0.25) is 4.79 Å². The summed E-state index contributed by atoms with van der Waals surface area (Å²) in [5.74, 6) is -0.535.